The Bertz CT molecular complexity index is 955. The molecule has 0 unspecified atom stereocenters. The zero-order valence-electron chi connectivity index (χ0n) is 22.2. The summed E-state index contributed by atoms with van der Waals surface area (Å²) in [4.78, 5) is 4.02. The molecule has 0 spiro atoms. The minimum atomic E-state index is 0.191. The second kappa shape index (κ2) is 15.1. The lowest BCUT2D eigenvalue weighted by Crippen LogP contribution is -2.17. The van der Waals surface area contributed by atoms with Gasteiger partial charge >= 0.3 is 0 Å². The summed E-state index contributed by atoms with van der Waals surface area (Å²) in [6.45, 7) is 6.50. The standard InChI is InChI=1S/C17H27N7.C11H18/c1-3-4-7-12-8-5-6-9-13(12)14(18)10-11-15(19)24-16(20)22-17(21-2)23-24;1-3-10-8-6-5-7-9-11(10)4-2/h8-9,18-19H,3-7,10-11H2,1-2H3,(H3,20,21,22,23);3-4H,5-9H2,1-2H3/b;10-3-,11-4-. The molecule has 1 aromatic rings. The van der Waals surface area contributed by atoms with Gasteiger partial charge in [-0.25, -0.2) is 0 Å². The number of nitrogens with zero attached hydrogens (tertiary/aromatic N) is 3. The molecule has 0 aromatic carbocycles. The fraction of sp³-hybridized carbons (Fsp3) is 0.571. The lowest BCUT2D eigenvalue weighted by Gasteiger charge is -2.17. The molecule has 0 atom stereocenters. The second-order valence-corrected chi connectivity index (χ2v) is 9.10. The molecule has 1 saturated carbocycles. The van der Waals surface area contributed by atoms with Crippen LogP contribution >= 0.6 is 0 Å². The van der Waals surface area contributed by atoms with E-state index in [1.807, 2.05) is 0 Å². The molecule has 7 nitrogen and oxygen atoms in total. The van der Waals surface area contributed by atoms with Gasteiger partial charge in [-0.1, -0.05) is 44.1 Å². The van der Waals surface area contributed by atoms with Gasteiger partial charge in [0, 0.05) is 19.2 Å². The minimum absolute atomic E-state index is 0.191. The first-order chi connectivity index (χ1) is 16.9. The maximum atomic E-state index is 8.41. The van der Waals surface area contributed by atoms with E-state index in [1.54, 1.807) is 18.2 Å². The van der Waals surface area contributed by atoms with E-state index in [0.717, 1.165) is 37.7 Å². The molecule has 3 rings (SSSR count). The second-order valence-electron chi connectivity index (χ2n) is 9.10. The Labute approximate surface area is 211 Å². The molecule has 1 fully saturated rings. The summed E-state index contributed by atoms with van der Waals surface area (Å²) in [5, 5.41) is 23.5. The van der Waals surface area contributed by atoms with E-state index in [4.69, 9.17) is 16.6 Å². The van der Waals surface area contributed by atoms with E-state index in [2.05, 4.69) is 60.5 Å². The van der Waals surface area contributed by atoms with E-state index >= 15 is 0 Å². The van der Waals surface area contributed by atoms with Crippen molar-refractivity contribution in [2.75, 3.05) is 18.1 Å². The molecule has 1 aromatic heterocycles. The van der Waals surface area contributed by atoms with Crippen LogP contribution in [0, 0.1) is 10.8 Å². The first-order valence-corrected chi connectivity index (χ1v) is 13.2. The molecule has 192 valence electrons. The average molecular weight is 480 g/mol. The largest absolute Gasteiger partial charge is 0.368 e. The molecule has 0 radical (unpaired) electrons. The van der Waals surface area contributed by atoms with Crippen LogP contribution in [0.1, 0.15) is 97.8 Å². The van der Waals surface area contributed by atoms with Crippen molar-refractivity contribution in [2.24, 2.45) is 0 Å². The van der Waals surface area contributed by atoms with Gasteiger partial charge in [0.1, 0.15) is 5.84 Å². The van der Waals surface area contributed by atoms with E-state index in [0.29, 0.717) is 24.5 Å². The van der Waals surface area contributed by atoms with Gasteiger partial charge < -0.3 is 16.5 Å². The van der Waals surface area contributed by atoms with Crippen molar-refractivity contribution in [1.82, 2.24) is 14.8 Å². The van der Waals surface area contributed by atoms with E-state index in [9.17, 15) is 0 Å². The highest BCUT2D eigenvalue weighted by atomic mass is 15.4. The van der Waals surface area contributed by atoms with Crippen LogP contribution in [0.3, 0.4) is 0 Å². The quantitative estimate of drug-likeness (QED) is 0.179. The zero-order chi connectivity index (χ0) is 25.6. The molecule has 2 aliphatic rings. The topological polar surface area (TPSA) is 116 Å². The average Bonchev–Trinajstić information content (AvgIpc) is 3.11. The number of nitrogens with two attached hydrogens (primary N) is 1. The number of hydrogen-bond donors (Lipinski definition) is 4. The lowest BCUT2D eigenvalue weighted by atomic mass is 9.89. The van der Waals surface area contributed by atoms with Crippen LogP contribution in [0.5, 0.6) is 0 Å². The third-order valence-electron chi connectivity index (χ3n) is 6.60. The monoisotopic (exact) mass is 479 g/mol. The number of aromatic nitrogens is 3. The highest BCUT2D eigenvalue weighted by molar-refractivity contribution is 6.03. The molecule has 0 saturated heterocycles. The predicted octanol–water partition coefficient (Wildman–Crippen LogP) is 7.21. The first kappa shape index (κ1) is 28.3. The molecular formula is C28H45N7. The summed E-state index contributed by atoms with van der Waals surface area (Å²) in [5.41, 5.74) is 11.9. The van der Waals surface area contributed by atoms with Gasteiger partial charge in [0.2, 0.25) is 11.9 Å². The van der Waals surface area contributed by atoms with E-state index in [-0.39, 0.29) is 11.8 Å². The molecule has 7 heteroatoms. The third kappa shape index (κ3) is 8.64. The Morgan fingerprint density at radius 3 is 2.29 bits per heavy atom. The fourth-order valence-electron chi connectivity index (χ4n) is 4.55. The van der Waals surface area contributed by atoms with Crippen LogP contribution in [0.15, 0.2) is 46.6 Å². The molecule has 35 heavy (non-hydrogen) atoms. The number of rotatable bonds is 8. The Balaban J connectivity index is 0.000000328. The highest BCUT2D eigenvalue weighted by Gasteiger charge is 2.16. The number of anilines is 2. The Morgan fingerprint density at radius 1 is 1.06 bits per heavy atom. The summed E-state index contributed by atoms with van der Waals surface area (Å²) in [5.74, 6) is 0.838. The van der Waals surface area contributed by atoms with Crippen molar-refractivity contribution >= 4 is 23.4 Å². The molecule has 0 aliphatic heterocycles. The van der Waals surface area contributed by atoms with Crippen molar-refractivity contribution in [2.45, 2.75) is 97.8 Å². The van der Waals surface area contributed by atoms with Crippen LogP contribution in [0.2, 0.25) is 0 Å². The number of unbranched alkanes of at least 4 members (excludes halogenated alkanes) is 1. The summed E-state index contributed by atoms with van der Waals surface area (Å²) < 4.78 is 1.32. The maximum absolute atomic E-state index is 8.41. The van der Waals surface area contributed by atoms with Crippen LogP contribution in [0.25, 0.3) is 0 Å². The number of hydrogen-bond acceptors (Lipinski definition) is 6. The Morgan fingerprint density at radius 2 is 1.71 bits per heavy atom. The van der Waals surface area contributed by atoms with Crippen LogP contribution in [0.4, 0.5) is 11.9 Å². The van der Waals surface area contributed by atoms with Gasteiger partial charge in [-0.3, -0.25) is 5.41 Å². The fourth-order valence-corrected chi connectivity index (χ4v) is 4.55. The van der Waals surface area contributed by atoms with Crippen LogP contribution in [-0.4, -0.2) is 33.4 Å². The van der Waals surface area contributed by atoms with Crippen molar-refractivity contribution in [3.8, 4) is 0 Å². The molecule has 0 bridgehead atoms. The van der Waals surface area contributed by atoms with Gasteiger partial charge in [0.25, 0.3) is 0 Å². The summed E-state index contributed by atoms with van der Waals surface area (Å²) in [6, 6.07) is 0. The smallest absolute Gasteiger partial charge is 0.244 e. The SMILES string of the molecule is C/C=C1/CCCCC/C1=C/C.CCCCC1=CCCC=C1C(=N)CCC(=N)n1nc(NC)nc1N. The molecular weight excluding hydrogens is 434 g/mol. The van der Waals surface area contributed by atoms with Crippen molar-refractivity contribution in [1.29, 1.82) is 10.8 Å². The molecule has 0 amide bonds. The molecule has 1 heterocycles. The van der Waals surface area contributed by atoms with Gasteiger partial charge in [0.05, 0.1) is 0 Å². The highest BCUT2D eigenvalue weighted by Crippen LogP contribution is 2.27. The third-order valence-corrected chi connectivity index (χ3v) is 6.60. The number of nitrogens with one attached hydrogen (secondary N) is 3. The normalized spacial score (nSPS) is 18.3. The maximum Gasteiger partial charge on any atom is 0.244 e. The lowest BCUT2D eigenvalue weighted by molar-refractivity contribution is 0.719. The molecule has 2 aliphatic carbocycles. The van der Waals surface area contributed by atoms with Crippen molar-refractivity contribution in [3.05, 3.63) is 46.6 Å². The van der Waals surface area contributed by atoms with Crippen LogP contribution in [-0.2, 0) is 0 Å². The molecule has 5 N–H and O–H groups in total. The zero-order valence-corrected chi connectivity index (χ0v) is 22.2. The Kier molecular flexibility index (Phi) is 12.2. The minimum Gasteiger partial charge on any atom is -0.368 e. The Hall–Kier alpha value is -2.96. The van der Waals surface area contributed by atoms with Crippen molar-refractivity contribution < 1.29 is 0 Å². The van der Waals surface area contributed by atoms with Crippen molar-refractivity contribution in [3.63, 3.8) is 0 Å². The van der Waals surface area contributed by atoms with E-state index in [1.165, 1.54) is 42.4 Å². The van der Waals surface area contributed by atoms with Gasteiger partial charge in [-0.2, -0.15) is 9.67 Å². The summed E-state index contributed by atoms with van der Waals surface area (Å²) in [6.07, 6.45) is 22.1. The van der Waals surface area contributed by atoms with E-state index < -0.39 is 0 Å². The van der Waals surface area contributed by atoms with Gasteiger partial charge in [0.15, 0.2) is 0 Å². The first-order valence-electron chi connectivity index (χ1n) is 13.2. The van der Waals surface area contributed by atoms with Gasteiger partial charge in [-0.05, 0) is 93.9 Å². The van der Waals surface area contributed by atoms with Gasteiger partial charge in [-0.15, -0.1) is 5.10 Å². The number of nitrogen functional groups attached to an aromatic ring is 1. The van der Waals surface area contributed by atoms with Crippen LogP contribution < -0.4 is 11.1 Å². The summed E-state index contributed by atoms with van der Waals surface area (Å²) in [7, 11) is 1.71. The number of allylic oxidation sites excluding steroid dienone is 8. The summed E-state index contributed by atoms with van der Waals surface area (Å²) >= 11 is 0. The predicted molar refractivity (Wildman–Crippen MR) is 150 cm³/mol.